The van der Waals surface area contributed by atoms with Gasteiger partial charge >= 0.3 is 6.18 Å². The molecular weight excluding hydrogens is 309 g/mol. The number of likely N-dealkylation sites (tertiary alicyclic amines) is 1. The maximum atomic E-state index is 12.2. The van der Waals surface area contributed by atoms with E-state index >= 15 is 0 Å². The number of para-hydroxylation sites is 1. The van der Waals surface area contributed by atoms with E-state index in [9.17, 15) is 18.0 Å². The van der Waals surface area contributed by atoms with Crippen molar-refractivity contribution in [3.05, 3.63) is 29.8 Å². The molecule has 7 heteroatoms. The second-order valence-electron chi connectivity index (χ2n) is 5.72. The van der Waals surface area contributed by atoms with Crippen LogP contribution < -0.4 is 10.1 Å². The van der Waals surface area contributed by atoms with Crippen molar-refractivity contribution in [3.8, 4) is 5.75 Å². The van der Waals surface area contributed by atoms with E-state index in [4.69, 9.17) is 4.74 Å². The second-order valence-corrected chi connectivity index (χ2v) is 5.72. The summed E-state index contributed by atoms with van der Waals surface area (Å²) >= 11 is 0. The van der Waals surface area contributed by atoms with E-state index in [0.29, 0.717) is 19.5 Å². The highest BCUT2D eigenvalue weighted by Gasteiger charge is 2.31. The fourth-order valence-corrected chi connectivity index (χ4v) is 2.82. The molecule has 0 radical (unpaired) electrons. The normalized spacial score (nSPS) is 19.4. The number of piperidine rings is 1. The number of ether oxygens (including phenoxy) is 1. The Morgan fingerprint density at radius 1 is 1.39 bits per heavy atom. The second kappa shape index (κ2) is 7.68. The summed E-state index contributed by atoms with van der Waals surface area (Å²) in [5.41, 5.74) is 1.01. The molecule has 0 aromatic heterocycles. The van der Waals surface area contributed by atoms with Crippen molar-refractivity contribution in [1.29, 1.82) is 0 Å². The number of amides is 1. The Morgan fingerprint density at radius 3 is 2.83 bits per heavy atom. The van der Waals surface area contributed by atoms with Crippen LogP contribution in [-0.4, -0.2) is 43.7 Å². The molecule has 1 unspecified atom stereocenters. The van der Waals surface area contributed by atoms with Gasteiger partial charge in [-0.05, 0) is 25.5 Å². The van der Waals surface area contributed by atoms with Gasteiger partial charge in [0, 0.05) is 18.7 Å². The quantitative estimate of drug-likeness (QED) is 0.902. The lowest BCUT2D eigenvalue weighted by Gasteiger charge is -2.32. The number of hydrogen-bond acceptors (Lipinski definition) is 3. The number of alkyl halides is 3. The van der Waals surface area contributed by atoms with Gasteiger partial charge in [-0.2, -0.15) is 13.2 Å². The van der Waals surface area contributed by atoms with Crippen molar-refractivity contribution in [2.75, 3.05) is 26.7 Å². The van der Waals surface area contributed by atoms with Gasteiger partial charge in [-0.25, -0.2) is 0 Å². The summed E-state index contributed by atoms with van der Waals surface area (Å²) in [6.45, 7) is 0.630. The summed E-state index contributed by atoms with van der Waals surface area (Å²) in [4.78, 5) is 14.0. The van der Waals surface area contributed by atoms with Crippen LogP contribution in [0.4, 0.5) is 13.2 Å². The molecule has 1 heterocycles. The first-order valence-corrected chi connectivity index (χ1v) is 7.58. The van der Waals surface area contributed by atoms with Crippen LogP contribution in [-0.2, 0) is 11.3 Å². The first-order chi connectivity index (χ1) is 10.9. The van der Waals surface area contributed by atoms with Crippen LogP contribution in [0.15, 0.2) is 24.3 Å². The van der Waals surface area contributed by atoms with E-state index in [2.05, 4.69) is 4.90 Å². The molecule has 1 saturated heterocycles. The Kier molecular flexibility index (Phi) is 5.87. The molecule has 0 aliphatic carbocycles. The van der Waals surface area contributed by atoms with Gasteiger partial charge in [-0.15, -0.1) is 0 Å². The van der Waals surface area contributed by atoms with Crippen LogP contribution >= 0.6 is 0 Å². The van der Waals surface area contributed by atoms with Crippen LogP contribution in [0.1, 0.15) is 18.4 Å². The maximum Gasteiger partial charge on any atom is 0.405 e. The van der Waals surface area contributed by atoms with Gasteiger partial charge in [0.15, 0.2) is 0 Å². The molecule has 0 saturated carbocycles. The lowest BCUT2D eigenvalue weighted by atomic mass is 9.96. The number of hydrogen-bond donors (Lipinski definition) is 1. The van der Waals surface area contributed by atoms with E-state index in [1.807, 2.05) is 29.6 Å². The highest BCUT2D eigenvalue weighted by atomic mass is 19.4. The summed E-state index contributed by atoms with van der Waals surface area (Å²) in [6, 6.07) is 7.61. The van der Waals surface area contributed by atoms with E-state index in [0.717, 1.165) is 24.3 Å². The van der Waals surface area contributed by atoms with Crippen molar-refractivity contribution < 1.29 is 22.7 Å². The Hall–Kier alpha value is -1.76. The van der Waals surface area contributed by atoms with Gasteiger partial charge < -0.3 is 10.1 Å². The van der Waals surface area contributed by atoms with Crippen molar-refractivity contribution in [1.82, 2.24) is 10.2 Å². The van der Waals surface area contributed by atoms with Gasteiger partial charge in [0.2, 0.25) is 5.91 Å². The van der Waals surface area contributed by atoms with E-state index < -0.39 is 24.5 Å². The molecule has 128 valence electrons. The molecule has 4 nitrogen and oxygen atoms in total. The SMILES string of the molecule is COc1ccccc1CN1CCCC(C(=O)NCC(F)(F)F)C1. The highest BCUT2D eigenvalue weighted by molar-refractivity contribution is 5.79. The van der Waals surface area contributed by atoms with E-state index in [1.54, 1.807) is 7.11 Å². The topological polar surface area (TPSA) is 41.6 Å². The third-order valence-corrected chi connectivity index (χ3v) is 3.93. The zero-order chi connectivity index (χ0) is 16.9. The zero-order valence-corrected chi connectivity index (χ0v) is 13.0. The number of carbonyl (C=O) groups is 1. The summed E-state index contributed by atoms with van der Waals surface area (Å²) in [6.07, 6.45) is -2.97. The predicted molar refractivity (Wildman–Crippen MR) is 80.1 cm³/mol. The van der Waals surface area contributed by atoms with Crippen LogP contribution in [0, 0.1) is 5.92 Å². The molecule has 1 fully saturated rings. The molecule has 2 rings (SSSR count). The predicted octanol–water partition coefficient (Wildman–Crippen LogP) is 2.59. The lowest BCUT2D eigenvalue weighted by molar-refractivity contribution is -0.141. The summed E-state index contributed by atoms with van der Waals surface area (Å²) in [5, 5.41) is 1.98. The standard InChI is InChI=1S/C16H21F3N2O2/c1-23-14-7-3-2-5-12(14)9-21-8-4-6-13(10-21)15(22)20-11-16(17,18)19/h2-3,5,7,13H,4,6,8-11H2,1H3,(H,20,22). The fraction of sp³-hybridized carbons (Fsp3) is 0.562. The number of nitrogens with zero attached hydrogens (tertiary/aromatic N) is 1. The summed E-state index contributed by atoms with van der Waals surface area (Å²) < 4.78 is 41.9. The molecule has 1 amide bonds. The maximum absolute atomic E-state index is 12.2. The molecular formula is C16H21F3N2O2. The largest absolute Gasteiger partial charge is 0.496 e. The smallest absolute Gasteiger partial charge is 0.405 e. The molecule has 23 heavy (non-hydrogen) atoms. The number of benzene rings is 1. The first-order valence-electron chi connectivity index (χ1n) is 7.58. The Balaban J connectivity index is 1.91. The molecule has 1 aromatic rings. The minimum absolute atomic E-state index is 0.402. The van der Waals surface area contributed by atoms with Crippen LogP contribution in [0.3, 0.4) is 0 Å². The zero-order valence-electron chi connectivity index (χ0n) is 13.0. The number of nitrogens with one attached hydrogen (secondary N) is 1. The van der Waals surface area contributed by atoms with Gasteiger partial charge in [0.05, 0.1) is 13.0 Å². The number of methoxy groups -OCH3 is 1. The molecule has 0 bridgehead atoms. The molecule has 1 atom stereocenters. The number of rotatable bonds is 5. The third-order valence-electron chi connectivity index (χ3n) is 3.93. The Labute approximate surface area is 133 Å². The van der Waals surface area contributed by atoms with Crippen molar-refractivity contribution in [2.24, 2.45) is 5.92 Å². The van der Waals surface area contributed by atoms with Crippen LogP contribution in [0.25, 0.3) is 0 Å². The average molecular weight is 330 g/mol. The molecule has 1 aromatic carbocycles. The minimum atomic E-state index is -4.37. The Morgan fingerprint density at radius 2 is 2.13 bits per heavy atom. The Bertz CT molecular complexity index is 534. The fourth-order valence-electron chi connectivity index (χ4n) is 2.82. The van der Waals surface area contributed by atoms with Gasteiger partial charge in [0.25, 0.3) is 0 Å². The third kappa shape index (κ3) is 5.42. The molecule has 1 N–H and O–H groups in total. The van der Waals surface area contributed by atoms with Crippen molar-refractivity contribution in [2.45, 2.75) is 25.6 Å². The average Bonchev–Trinajstić information content (AvgIpc) is 2.52. The number of halogens is 3. The van der Waals surface area contributed by atoms with E-state index in [1.165, 1.54) is 0 Å². The van der Waals surface area contributed by atoms with Crippen LogP contribution in [0.2, 0.25) is 0 Å². The van der Waals surface area contributed by atoms with Crippen molar-refractivity contribution in [3.63, 3.8) is 0 Å². The van der Waals surface area contributed by atoms with E-state index in [-0.39, 0.29) is 0 Å². The minimum Gasteiger partial charge on any atom is -0.496 e. The molecule has 1 aliphatic heterocycles. The van der Waals surface area contributed by atoms with Gasteiger partial charge in [-0.1, -0.05) is 18.2 Å². The molecule has 1 aliphatic rings. The monoisotopic (exact) mass is 330 g/mol. The van der Waals surface area contributed by atoms with Crippen molar-refractivity contribution >= 4 is 5.91 Å². The highest BCUT2D eigenvalue weighted by Crippen LogP contribution is 2.23. The van der Waals surface area contributed by atoms with Gasteiger partial charge in [0.1, 0.15) is 12.3 Å². The first kappa shape index (κ1) is 17.6. The lowest BCUT2D eigenvalue weighted by Crippen LogP contribution is -2.44. The van der Waals surface area contributed by atoms with Crippen LogP contribution in [0.5, 0.6) is 5.75 Å². The molecule has 0 spiro atoms. The van der Waals surface area contributed by atoms with Gasteiger partial charge in [-0.3, -0.25) is 9.69 Å². The number of carbonyl (C=O) groups excluding carboxylic acids is 1. The summed E-state index contributed by atoms with van der Waals surface area (Å²) in [5.74, 6) is -0.149. The summed E-state index contributed by atoms with van der Waals surface area (Å²) in [7, 11) is 1.60.